The molecule has 0 heterocycles. The zero-order valence-corrected chi connectivity index (χ0v) is 9.60. The van der Waals surface area contributed by atoms with Crippen molar-refractivity contribution >= 4 is 15.9 Å². The third-order valence-electron chi connectivity index (χ3n) is 2.09. The van der Waals surface area contributed by atoms with Gasteiger partial charge < -0.3 is 10.8 Å². The topological polar surface area (TPSA) is 46.2 Å². The Kier molecular flexibility index (Phi) is 4.63. The van der Waals surface area contributed by atoms with Crippen LogP contribution in [0.5, 0.6) is 0 Å². The highest BCUT2D eigenvalue weighted by Crippen LogP contribution is 2.25. The molecule has 1 rings (SSSR count). The van der Waals surface area contributed by atoms with Gasteiger partial charge in [-0.3, -0.25) is 0 Å². The fraction of sp³-hybridized carbons (Fsp3) is 0.400. The number of rotatable bonds is 4. The SMILES string of the molecule is N[C@H](CCCO)c1c(F)cc(Br)cc1F. The van der Waals surface area contributed by atoms with Crippen molar-refractivity contribution in [1.82, 2.24) is 0 Å². The van der Waals surface area contributed by atoms with Gasteiger partial charge in [0.1, 0.15) is 11.6 Å². The molecule has 2 nitrogen and oxygen atoms in total. The third-order valence-corrected chi connectivity index (χ3v) is 2.55. The molecule has 0 bridgehead atoms. The Bertz CT molecular complexity index is 323. The van der Waals surface area contributed by atoms with E-state index in [9.17, 15) is 8.78 Å². The van der Waals surface area contributed by atoms with Gasteiger partial charge in [-0.1, -0.05) is 15.9 Å². The summed E-state index contributed by atoms with van der Waals surface area (Å²) in [5.41, 5.74) is 5.51. The van der Waals surface area contributed by atoms with Crippen LogP contribution in [0.3, 0.4) is 0 Å². The maximum atomic E-state index is 13.4. The normalized spacial score (nSPS) is 12.9. The van der Waals surface area contributed by atoms with E-state index in [2.05, 4.69) is 15.9 Å². The van der Waals surface area contributed by atoms with Crippen LogP contribution in [0.4, 0.5) is 8.78 Å². The first-order valence-corrected chi connectivity index (χ1v) is 5.36. The highest BCUT2D eigenvalue weighted by Gasteiger charge is 2.17. The second-order valence-electron chi connectivity index (χ2n) is 3.26. The molecule has 0 unspecified atom stereocenters. The van der Waals surface area contributed by atoms with E-state index in [4.69, 9.17) is 10.8 Å². The van der Waals surface area contributed by atoms with Crippen LogP contribution in [0.2, 0.25) is 0 Å². The molecule has 0 aliphatic rings. The number of hydrogen-bond acceptors (Lipinski definition) is 2. The number of benzene rings is 1. The molecule has 15 heavy (non-hydrogen) atoms. The van der Waals surface area contributed by atoms with E-state index in [0.29, 0.717) is 17.3 Å². The lowest BCUT2D eigenvalue weighted by molar-refractivity contribution is 0.279. The van der Waals surface area contributed by atoms with Gasteiger partial charge in [0.2, 0.25) is 0 Å². The highest BCUT2D eigenvalue weighted by atomic mass is 79.9. The minimum absolute atomic E-state index is 0.0343. The van der Waals surface area contributed by atoms with E-state index in [1.54, 1.807) is 0 Å². The summed E-state index contributed by atoms with van der Waals surface area (Å²) in [6.45, 7) is -0.0343. The molecule has 0 amide bonds. The van der Waals surface area contributed by atoms with Crippen LogP contribution < -0.4 is 5.73 Å². The zero-order chi connectivity index (χ0) is 11.4. The van der Waals surface area contributed by atoms with Crippen LogP contribution in [0.1, 0.15) is 24.4 Å². The molecular formula is C10H12BrF2NO. The monoisotopic (exact) mass is 279 g/mol. The Morgan fingerprint density at radius 1 is 1.33 bits per heavy atom. The lowest BCUT2D eigenvalue weighted by Crippen LogP contribution is -2.14. The lowest BCUT2D eigenvalue weighted by Gasteiger charge is -2.13. The predicted octanol–water partition coefficient (Wildman–Crippen LogP) is 2.50. The summed E-state index contributed by atoms with van der Waals surface area (Å²) in [4.78, 5) is 0. The molecule has 84 valence electrons. The Balaban J connectivity index is 2.92. The number of hydrogen-bond donors (Lipinski definition) is 2. The fourth-order valence-electron chi connectivity index (χ4n) is 1.36. The van der Waals surface area contributed by atoms with Crippen molar-refractivity contribution in [3.05, 3.63) is 33.8 Å². The third kappa shape index (κ3) is 3.22. The van der Waals surface area contributed by atoms with Gasteiger partial charge in [-0.05, 0) is 25.0 Å². The van der Waals surface area contributed by atoms with Crippen molar-refractivity contribution in [2.24, 2.45) is 5.73 Å². The van der Waals surface area contributed by atoms with E-state index >= 15 is 0 Å². The summed E-state index contributed by atoms with van der Waals surface area (Å²) in [6, 6.07) is 1.64. The Morgan fingerprint density at radius 3 is 2.33 bits per heavy atom. The van der Waals surface area contributed by atoms with Crippen LogP contribution in [0, 0.1) is 11.6 Å². The summed E-state index contributed by atoms with van der Waals surface area (Å²) in [6.07, 6.45) is 0.780. The molecule has 1 aromatic carbocycles. The van der Waals surface area contributed by atoms with E-state index in [1.807, 2.05) is 0 Å². The van der Waals surface area contributed by atoms with Gasteiger partial charge in [0.15, 0.2) is 0 Å². The maximum Gasteiger partial charge on any atom is 0.132 e. The molecule has 1 aromatic rings. The molecule has 0 aliphatic carbocycles. The summed E-state index contributed by atoms with van der Waals surface area (Å²) in [5, 5.41) is 8.59. The van der Waals surface area contributed by atoms with Crippen LogP contribution in [-0.4, -0.2) is 11.7 Å². The number of aliphatic hydroxyl groups excluding tert-OH is 1. The van der Waals surface area contributed by atoms with Gasteiger partial charge in [-0.15, -0.1) is 0 Å². The molecule has 0 fully saturated rings. The van der Waals surface area contributed by atoms with Crippen LogP contribution in [0.25, 0.3) is 0 Å². The van der Waals surface area contributed by atoms with Gasteiger partial charge in [-0.25, -0.2) is 8.78 Å². The van der Waals surface area contributed by atoms with Gasteiger partial charge in [0, 0.05) is 22.7 Å². The molecule has 0 saturated carbocycles. The van der Waals surface area contributed by atoms with E-state index in [1.165, 1.54) is 12.1 Å². The average molecular weight is 280 g/mol. The molecule has 3 N–H and O–H groups in total. The largest absolute Gasteiger partial charge is 0.396 e. The molecule has 0 saturated heterocycles. The van der Waals surface area contributed by atoms with Crippen molar-refractivity contribution in [2.75, 3.05) is 6.61 Å². The Labute approximate surface area is 95.2 Å². The molecule has 0 aliphatic heterocycles. The van der Waals surface area contributed by atoms with Crippen LogP contribution in [0.15, 0.2) is 16.6 Å². The highest BCUT2D eigenvalue weighted by molar-refractivity contribution is 9.10. The zero-order valence-electron chi connectivity index (χ0n) is 8.01. The minimum Gasteiger partial charge on any atom is -0.396 e. The van der Waals surface area contributed by atoms with Crippen molar-refractivity contribution in [2.45, 2.75) is 18.9 Å². The van der Waals surface area contributed by atoms with E-state index < -0.39 is 17.7 Å². The fourth-order valence-corrected chi connectivity index (χ4v) is 1.77. The van der Waals surface area contributed by atoms with E-state index in [-0.39, 0.29) is 12.2 Å². The smallest absolute Gasteiger partial charge is 0.132 e. The minimum atomic E-state index is -0.717. The van der Waals surface area contributed by atoms with Crippen molar-refractivity contribution < 1.29 is 13.9 Å². The molecule has 0 radical (unpaired) electrons. The first kappa shape index (κ1) is 12.5. The van der Waals surface area contributed by atoms with Gasteiger partial charge in [-0.2, -0.15) is 0 Å². The second kappa shape index (κ2) is 5.53. The van der Waals surface area contributed by atoms with Crippen LogP contribution >= 0.6 is 15.9 Å². The van der Waals surface area contributed by atoms with Crippen molar-refractivity contribution in [1.29, 1.82) is 0 Å². The van der Waals surface area contributed by atoms with Crippen molar-refractivity contribution in [3.8, 4) is 0 Å². The Hall–Kier alpha value is -0.520. The summed E-state index contributed by atoms with van der Waals surface area (Å²) >= 11 is 2.99. The quantitative estimate of drug-likeness (QED) is 0.890. The Morgan fingerprint density at radius 2 is 1.87 bits per heavy atom. The maximum absolute atomic E-state index is 13.4. The standard InChI is InChI=1S/C10H12BrF2NO/c11-6-4-7(12)10(8(13)5-6)9(14)2-1-3-15/h4-5,9,15H,1-3,14H2/t9-/m1/s1. The van der Waals surface area contributed by atoms with Gasteiger partial charge >= 0.3 is 0 Å². The van der Waals surface area contributed by atoms with E-state index in [0.717, 1.165) is 0 Å². The van der Waals surface area contributed by atoms with Gasteiger partial charge in [0.25, 0.3) is 0 Å². The number of aliphatic hydroxyl groups is 1. The van der Waals surface area contributed by atoms with Gasteiger partial charge in [0.05, 0.1) is 0 Å². The summed E-state index contributed by atoms with van der Waals surface area (Å²) < 4.78 is 27.1. The molecule has 1 atom stereocenters. The number of nitrogens with two attached hydrogens (primary N) is 1. The first-order chi connectivity index (χ1) is 7.06. The average Bonchev–Trinajstić information content (AvgIpc) is 2.12. The molecule has 5 heteroatoms. The van der Waals surface area contributed by atoms with Crippen molar-refractivity contribution in [3.63, 3.8) is 0 Å². The molecule has 0 spiro atoms. The molecular weight excluding hydrogens is 268 g/mol. The lowest BCUT2D eigenvalue weighted by atomic mass is 10.0. The first-order valence-electron chi connectivity index (χ1n) is 4.57. The molecule has 0 aromatic heterocycles. The summed E-state index contributed by atoms with van der Waals surface area (Å²) in [5.74, 6) is -1.32. The second-order valence-corrected chi connectivity index (χ2v) is 4.17. The number of halogens is 3. The summed E-state index contributed by atoms with van der Waals surface area (Å²) in [7, 11) is 0. The predicted molar refractivity (Wildman–Crippen MR) is 57.3 cm³/mol. The van der Waals surface area contributed by atoms with Crippen LogP contribution in [-0.2, 0) is 0 Å².